The number of hydrogen-bond acceptors (Lipinski definition) is 2. The lowest BCUT2D eigenvalue weighted by Crippen LogP contribution is -2.07. The summed E-state index contributed by atoms with van der Waals surface area (Å²) in [7, 11) is 0. The Kier molecular flexibility index (Phi) is 3.87. The molecule has 1 unspecified atom stereocenters. The number of aromatic nitrogens is 3. The summed E-state index contributed by atoms with van der Waals surface area (Å²) in [5.41, 5.74) is 3.87. The average Bonchev–Trinajstić information content (AvgIpc) is 2.77. The van der Waals surface area contributed by atoms with Gasteiger partial charge >= 0.3 is 0 Å². The molecule has 0 spiro atoms. The van der Waals surface area contributed by atoms with Crippen molar-refractivity contribution >= 4 is 34.2 Å². The minimum Gasteiger partial charge on any atom is -0.321 e. The number of imidazole rings is 1. The molecule has 3 rings (SSSR count). The van der Waals surface area contributed by atoms with Crippen molar-refractivity contribution in [1.29, 1.82) is 0 Å². The Bertz CT molecular complexity index is 793. The first-order valence-electron chi connectivity index (χ1n) is 6.77. The van der Waals surface area contributed by atoms with Crippen LogP contribution in [0, 0.1) is 6.92 Å². The van der Waals surface area contributed by atoms with E-state index in [1.165, 1.54) is 0 Å². The molecule has 2 aromatic heterocycles. The molecule has 0 saturated heterocycles. The number of benzene rings is 1. The molecular weight excluding hydrogens is 305 g/mol. The quantitative estimate of drug-likeness (QED) is 0.653. The molecular formula is C16H15Cl2N3. The Hall–Kier alpha value is -1.58. The smallest absolute Gasteiger partial charge is 0.128 e. The number of alkyl halides is 1. The van der Waals surface area contributed by atoms with Crippen molar-refractivity contribution in [3.8, 4) is 0 Å². The highest BCUT2D eigenvalue weighted by atomic mass is 35.5. The number of pyridine rings is 1. The Balaban J connectivity index is 2.13. The Labute approximate surface area is 133 Å². The molecule has 0 amide bonds. The van der Waals surface area contributed by atoms with Crippen LogP contribution in [0.5, 0.6) is 0 Å². The fourth-order valence-electron chi connectivity index (χ4n) is 2.44. The van der Waals surface area contributed by atoms with Gasteiger partial charge in [0.15, 0.2) is 0 Å². The molecule has 21 heavy (non-hydrogen) atoms. The van der Waals surface area contributed by atoms with Gasteiger partial charge in [0, 0.05) is 10.7 Å². The molecule has 0 bridgehead atoms. The molecule has 1 atom stereocenters. The molecule has 0 radical (unpaired) electrons. The van der Waals surface area contributed by atoms with E-state index in [2.05, 4.69) is 14.5 Å². The highest BCUT2D eigenvalue weighted by Gasteiger charge is 2.15. The van der Waals surface area contributed by atoms with Crippen LogP contribution < -0.4 is 0 Å². The molecule has 1 aromatic carbocycles. The van der Waals surface area contributed by atoms with Crippen molar-refractivity contribution in [2.75, 3.05) is 0 Å². The fourth-order valence-corrected chi connectivity index (χ4v) is 2.77. The van der Waals surface area contributed by atoms with Gasteiger partial charge in [-0.15, -0.1) is 11.6 Å². The van der Waals surface area contributed by atoms with Crippen LogP contribution in [-0.2, 0) is 6.54 Å². The molecule has 0 saturated carbocycles. The lowest BCUT2D eigenvalue weighted by Gasteiger charge is -2.10. The van der Waals surface area contributed by atoms with Gasteiger partial charge in [-0.1, -0.05) is 17.7 Å². The molecule has 3 nitrogen and oxygen atoms in total. The van der Waals surface area contributed by atoms with Crippen LogP contribution in [0.2, 0.25) is 5.02 Å². The van der Waals surface area contributed by atoms with Crippen LogP contribution in [0.4, 0.5) is 0 Å². The van der Waals surface area contributed by atoms with Gasteiger partial charge < -0.3 is 4.57 Å². The fraction of sp³-hybridized carbons (Fsp3) is 0.250. The number of aryl methyl sites for hydroxylation is 1. The van der Waals surface area contributed by atoms with E-state index < -0.39 is 0 Å². The summed E-state index contributed by atoms with van der Waals surface area (Å²) < 4.78 is 2.10. The summed E-state index contributed by atoms with van der Waals surface area (Å²) in [6, 6.07) is 11.7. The minimum atomic E-state index is -0.180. The van der Waals surface area contributed by atoms with Gasteiger partial charge in [0.1, 0.15) is 5.82 Å². The van der Waals surface area contributed by atoms with E-state index in [4.69, 9.17) is 23.2 Å². The lowest BCUT2D eigenvalue weighted by atomic mass is 10.3. The molecule has 2 heterocycles. The van der Waals surface area contributed by atoms with Crippen LogP contribution >= 0.6 is 23.2 Å². The molecule has 5 heteroatoms. The van der Waals surface area contributed by atoms with Crippen LogP contribution in [0.1, 0.15) is 29.5 Å². The Morgan fingerprint density at radius 2 is 2.00 bits per heavy atom. The second-order valence-electron chi connectivity index (χ2n) is 5.08. The summed E-state index contributed by atoms with van der Waals surface area (Å²) >= 11 is 12.3. The number of fused-ring (bicyclic) bond motifs is 1. The second-order valence-corrected chi connectivity index (χ2v) is 6.17. The number of halogens is 2. The third-order valence-corrected chi connectivity index (χ3v) is 3.79. The largest absolute Gasteiger partial charge is 0.321 e. The monoisotopic (exact) mass is 319 g/mol. The third kappa shape index (κ3) is 2.89. The van der Waals surface area contributed by atoms with E-state index >= 15 is 0 Å². The van der Waals surface area contributed by atoms with Crippen LogP contribution in [0.15, 0.2) is 36.4 Å². The maximum absolute atomic E-state index is 6.28. The van der Waals surface area contributed by atoms with Crippen molar-refractivity contribution in [3.63, 3.8) is 0 Å². The summed E-state index contributed by atoms with van der Waals surface area (Å²) in [6.45, 7) is 4.55. The minimum absolute atomic E-state index is 0.180. The van der Waals surface area contributed by atoms with Gasteiger partial charge in [0.2, 0.25) is 0 Å². The van der Waals surface area contributed by atoms with E-state index in [9.17, 15) is 0 Å². The molecule has 0 aliphatic rings. The molecule has 0 fully saturated rings. The normalized spacial score (nSPS) is 12.8. The predicted octanol–water partition coefficient (Wildman–Crippen LogP) is 4.74. The van der Waals surface area contributed by atoms with Crippen LogP contribution in [-0.4, -0.2) is 14.5 Å². The van der Waals surface area contributed by atoms with Gasteiger partial charge in [0.25, 0.3) is 0 Å². The number of rotatable bonds is 3. The highest BCUT2D eigenvalue weighted by molar-refractivity contribution is 6.31. The maximum Gasteiger partial charge on any atom is 0.128 e. The van der Waals surface area contributed by atoms with Gasteiger partial charge in [-0.3, -0.25) is 4.98 Å². The molecule has 0 aliphatic heterocycles. The molecule has 108 valence electrons. The van der Waals surface area contributed by atoms with Crippen molar-refractivity contribution in [3.05, 3.63) is 58.6 Å². The second kappa shape index (κ2) is 5.66. The van der Waals surface area contributed by atoms with Crippen LogP contribution in [0.3, 0.4) is 0 Å². The SMILES string of the molecule is Cc1cccc(Cn2c(C(C)Cl)nc3cc(Cl)ccc32)n1. The molecule has 0 N–H and O–H groups in total. The number of nitrogens with zero attached hydrogens (tertiary/aromatic N) is 3. The summed E-state index contributed by atoms with van der Waals surface area (Å²) in [6.07, 6.45) is 0. The van der Waals surface area contributed by atoms with Gasteiger partial charge in [-0.25, -0.2) is 4.98 Å². The zero-order chi connectivity index (χ0) is 15.0. The average molecular weight is 320 g/mol. The molecule has 3 aromatic rings. The summed E-state index contributed by atoms with van der Waals surface area (Å²) in [5.74, 6) is 0.831. The van der Waals surface area contributed by atoms with E-state index in [-0.39, 0.29) is 5.38 Å². The van der Waals surface area contributed by atoms with Crippen molar-refractivity contribution < 1.29 is 0 Å². The Morgan fingerprint density at radius 3 is 2.71 bits per heavy atom. The predicted molar refractivity (Wildman–Crippen MR) is 87.1 cm³/mol. The van der Waals surface area contributed by atoms with Gasteiger partial charge in [-0.05, 0) is 44.2 Å². The standard InChI is InChI=1S/C16H15Cl2N3/c1-10-4-3-5-13(19-10)9-21-15-7-6-12(18)8-14(15)20-16(21)11(2)17/h3-8,11H,9H2,1-2H3. The maximum atomic E-state index is 6.28. The molecule has 0 aliphatic carbocycles. The summed E-state index contributed by atoms with van der Waals surface area (Å²) in [4.78, 5) is 9.17. The lowest BCUT2D eigenvalue weighted by molar-refractivity contribution is 0.725. The van der Waals surface area contributed by atoms with E-state index in [1.807, 2.05) is 50.2 Å². The van der Waals surface area contributed by atoms with Crippen molar-refractivity contribution in [2.45, 2.75) is 25.8 Å². The number of hydrogen-bond donors (Lipinski definition) is 0. The van der Waals surface area contributed by atoms with Crippen LogP contribution in [0.25, 0.3) is 11.0 Å². The Morgan fingerprint density at radius 1 is 1.19 bits per heavy atom. The first-order valence-corrected chi connectivity index (χ1v) is 7.58. The first-order chi connectivity index (χ1) is 10.0. The third-order valence-electron chi connectivity index (χ3n) is 3.36. The zero-order valence-electron chi connectivity index (χ0n) is 11.8. The van der Waals surface area contributed by atoms with E-state index in [0.717, 1.165) is 28.2 Å². The van der Waals surface area contributed by atoms with E-state index in [1.54, 1.807) is 0 Å². The highest BCUT2D eigenvalue weighted by Crippen LogP contribution is 2.27. The van der Waals surface area contributed by atoms with E-state index in [0.29, 0.717) is 11.6 Å². The van der Waals surface area contributed by atoms with Gasteiger partial charge in [0.05, 0.1) is 28.6 Å². The van der Waals surface area contributed by atoms with Crippen molar-refractivity contribution in [2.24, 2.45) is 0 Å². The first kappa shape index (κ1) is 14.4. The van der Waals surface area contributed by atoms with Crippen molar-refractivity contribution in [1.82, 2.24) is 14.5 Å². The van der Waals surface area contributed by atoms with Gasteiger partial charge in [-0.2, -0.15) is 0 Å². The topological polar surface area (TPSA) is 30.7 Å². The zero-order valence-corrected chi connectivity index (χ0v) is 13.4. The summed E-state index contributed by atoms with van der Waals surface area (Å²) in [5, 5.41) is 0.496.